The Bertz CT molecular complexity index is 870. The molecule has 8 heteroatoms. The maximum atomic E-state index is 12.6. The van der Waals surface area contributed by atoms with E-state index in [2.05, 4.69) is 9.97 Å². The van der Waals surface area contributed by atoms with Crippen molar-refractivity contribution in [2.24, 2.45) is 5.92 Å². The molecule has 0 aromatic carbocycles. The van der Waals surface area contributed by atoms with Gasteiger partial charge in [0, 0.05) is 26.1 Å². The Morgan fingerprint density at radius 3 is 3.00 bits per heavy atom. The van der Waals surface area contributed by atoms with Crippen molar-refractivity contribution in [2.75, 3.05) is 13.6 Å². The molecule has 3 heterocycles. The second-order valence-corrected chi connectivity index (χ2v) is 7.44. The monoisotopic (exact) mass is 346 g/mol. The van der Waals surface area contributed by atoms with E-state index in [0.29, 0.717) is 28.6 Å². The number of thiophene rings is 1. The lowest BCUT2D eigenvalue weighted by atomic mass is 10.1. The SMILES string of the molecule is CN(Cc1nc2ccsc2c(=O)[nH]1)C(=O)C1CC(=O)N(C2CC2)C1. The van der Waals surface area contributed by atoms with Gasteiger partial charge in [-0.25, -0.2) is 4.98 Å². The van der Waals surface area contributed by atoms with Gasteiger partial charge >= 0.3 is 0 Å². The number of nitrogens with one attached hydrogen (secondary N) is 1. The summed E-state index contributed by atoms with van der Waals surface area (Å²) in [5, 5.41) is 1.82. The van der Waals surface area contributed by atoms with Crippen molar-refractivity contribution in [3.63, 3.8) is 0 Å². The van der Waals surface area contributed by atoms with Gasteiger partial charge in [0.2, 0.25) is 11.8 Å². The first-order valence-corrected chi connectivity index (χ1v) is 8.91. The zero-order valence-corrected chi connectivity index (χ0v) is 14.1. The third-order valence-corrected chi connectivity index (χ3v) is 5.52. The summed E-state index contributed by atoms with van der Waals surface area (Å²) in [4.78, 5) is 47.1. The van der Waals surface area contributed by atoms with Crippen LogP contribution in [0.4, 0.5) is 0 Å². The van der Waals surface area contributed by atoms with Crippen LogP contribution in [0, 0.1) is 5.92 Å². The Balaban J connectivity index is 1.46. The van der Waals surface area contributed by atoms with E-state index < -0.39 is 0 Å². The molecular weight excluding hydrogens is 328 g/mol. The molecule has 126 valence electrons. The van der Waals surface area contributed by atoms with E-state index in [-0.39, 0.29) is 36.3 Å². The first-order valence-electron chi connectivity index (χ1n) is 8.04. The highest BCUT2D eigenvalue weighted by Gasteiger charge is 2.42. The van der Waals surface area contributed by atoms with Gasteiger partial charge < -0.3 is 14.8 Å². The van der Waals surface area contributed by atoms with E-state index in [1.54, 1.807) is 18.0 Å². The minimum atomic E-state index is -0.292. The normalized spacial score (nSPS) is 20.8. The van der Waals surface area contributed by atoms with Gasteiger partial charge in [-0.05, 0) is 24.3 Å². The minimum absolute atomic E-state index is 0.0698. The van der Waals surface area contributed by atoms with E-state index >= 15 is 0 Å². The van der Waals surface area contributed by atoms with Crippen LogP contribution in [-0.2, 0) is 16.1 Å². The van der Waals surface area contributed by atoms with E-state index in [1.807, 2.05) is 10.3 Å². The molecule has 2 aliphatic rings. The average Bonchev–Trinajstić information content (AvgIpc) is 3.14. The molecule has 1 N–H and O–H groups in total. The molecule has 4 rings (SSSR count). The van der Waals surface area contributed by atoms with Crippen molar-refractivity contribution in [1.29, 1.82) is 0 Å². The predicted octanol–water partition coefficient (Wildman–Crippen LogP) is 0.954. The highest BCUT2D eigenvalue weighted by molar-refractivity contribution is 7.17. The summed E-state index contributed by atoms with van der Waals surface area (Å²) >= 11 is 1.35. The summed E-state index contributed by atoms with van der Waals surface area (Å²) in [5.41, 5.74) is 0.470. The first kappa shape index (κ1) is 15.3. The van der Waals surface area contributed by atoms with Crippen LogP contribution >= 0.6 is 11.3 Å². The summed E-state index contributed by atoms with van der Waals surface area (Å²) in [6.07, 6.45) is 2.38. The average molecular weight is 346 g/mol. The van der Waals surface area contributed by atoms with Crippen molar-refractivity contribution < 1.29 is 9.59 Å². The van der Waals surface area contributed by atoms with E-state index in [1.165, 1.54) is 11.3 Å². The molecule has 2 aromatic heterocycles. The molecule has 7 nitrogen and oxygen atoms in total. The third kappa shape index (κ3) is 2.71. The van der Waals surface area contributed by atoms with E-state index in [4.69, 9.17) is 0 Å². The Morgan fingerprint density at radius 1 is 1.46 bits per heavy atom. The molecule has 0 radical (unpaired) electrons. The second-order valence-electron chi connectivity index (χ2n) is 6.52. The molecular formula is C16H18N4O3S. The number of rotatable bonds is 4. The van der Waals surface area contributed by atoms with Crippen LogP contribution in [0.2, 0.25) is 0 Å². The molecule has 2 amide bonds. The molecule has 1 aliphatic carbocycles. The lowest BCUT2D eigenvalue weighted by Gasteiger charge is -2.21. The topological polar surface area (TPSA) is 86.4 Å². The lowest BCUT2D eigenvalue weighted by molar-refractivity contribution is -0.135. The fourth-order valence-corrected chi connectivity index (χ4v) is 3.97. The van der Waals surface area contributed by atoms with Crippen LogP contribution in [0.15, 0.2) is 16.2 Å². The lowest BCUT2D eigenvalue weighted by Crippen LogP contribution is -2.35. The van der Waals surface area contributed by atoms with Gasteiger partial charge in [-0.2, -0.15) is 0 Å². The van der Waals surface area contributed by atoms with Crippen LogP contribution in [0.5, 0.6) is 0 Å². The largest absolute Gasteiger partial charge is 0.339 e. The number of nitrogens with zero attached hydrogens (tertiary/aromatic N) is 3. The maximum Gasteiger partial charge on any atom is 0.268 e. The molecule has 1 atom stereocenters. The molecule has 2 fully saturated rings. The van der Waals surface area contributed by atoms with Crippen LogP contribution in [0.1, 0.15) is 25.1 Å². The summed E-state index contributed by atoms with van der Waals surface area (Å²) in [5.74, 6) is 0.180. The van der Waals surface area contributed by atoms with Crippen molar-refractivity contribution in [3.8, 4) is 0 Å². The summed E-state index contributed by atoms with van der Waals surface area (Å²) < 4.78 is 0.592. The number of carbonyl (C=O) groups excluding carboxylic acids is 2. The number of aromatic nitrogens is 2. The minimum Gasteiger partial charge on any atom is -0.339 e. The number of hydrogen-bond acceptors (Lipinski definition) is 5. The quantitative estimate of drug-likeness (QED) is 0.893. The Kier molecular flexibility index (Phi) is 3.64. The smallest absolute Gasteiger partial charge is 0.268 e. The number of amides is 2. The number of carbonyl (C=O) groups is 2. The number of H-pyrrole nitrogens is 1. The van der Waals surface area contributed by atoms with Crippen LogP contribution < -0.4 is 5.56 Å². The van der Waals surface area contributed by atoms with Crippen LogP contribution in [-0.4, -0.2) is 51.2 Å². The van der Waals surface area contributed by atoms with Gasteiger partial charge in [0.25, 0.3) is 5.56 Å². The zero-order valence-electron chi connectivity index (χ0n) is 13.3. The van der Waals surface area contributed by atoms with Gasteiger partial charge in [0.15, 0.2) is 0 Å². The molecule has 0 bridgehead atoms. The highest BCUT2D eigenvalue weighted by Crippen LogP contribution is 2.33. The van der Waals surface area contributed by atoms with Gasteiger partial charge in [0.1, 0.15) is 10.5 Å². The van der Waals surface area contributed by atoms with Crippen molar-refractivity contribution >= 4 is 33.4 Å². The van der Waals surface area contributed by atoms with E-state index in [9.17, 15) is 14.4 Å². The van der Waals surface area contributed by atoms with Gasteiger partial charge in [-0.15, -0.1) is 11.3 Å². The molecule has 1 aliphatic heterocycles. The third-order valence-electron chi connectivity index (χ3n) is 4.62. The number of fused-ring (bicyclic) bond motifs is 1. The highest BCUT2D eigenvalue weighted by atomic mass is 32.1. The number of hydrogen-bond donors (Lipinski definition) is 1. The molecule has 24 heavy (non-hydrogen) atoms. The molecule has 1 unspecified atom stereocenters. The fraction of sp³-hybridized carbons (Fsp3) is 0.500. The first-order chi connectivity index (χ1) is 11.5. The van der Waals surface area contributed by atoms with Gasteiger partial charge in [-0.3, -0.25) is 14.4 Å². The summed E-state index contributed by atoms with van der Waals surface area (Å²) in [6, 6.07) is 2.14. The Morgan fingerprint density at radius 2 is 2.25 bits per heavy atom. The summed E-state index contributed by atoms with van der Waals surface area (Å²) in [6.45, 7) is 0.744. The predicted molar refractivity (Wildman–Crippen MR) is 89.6 cm³/mol. The Labute approximate surface area is 142 Å². The molecule has 0 spiro atoms. The van der Waals surface area contributed by atoms with Gasteiger partial charge in [0.05, 0.1) is 18.0 Å². The van der Waals surface area contributed by atoms with Crippen molar-refractivity contribution in [1.82, 2.24) is 19.8 Å². The van der Waals surface area contributed by atoms with Crippen LogP contribution in [0.25, 0.3) is 10.2 Å². The van der Waals surface area contributed by atoms with Crippen molar-refractivity contribution in [3.05, 3.63) is 27.6 Å². The Hall–Kier alpha value is -2.22. The fourth-order valence-electron chi connectivity index (χ4n) is 3.25. The summed E-state index contributed by atoms with van der Waals surface area (Å²) in [7, 11) is 1.68. The second kappa shape index (κ2) is 5.70. The molecule has 1 saturated heterocycles. The van der Waals surface area contributed by atoms with Crippen LogP contribution in [0.3, 0.4) is 0 Å². The number of likely N-dealkylation sites (tertiary alicyclic amines) is 1. The van der Waals surface area contributed by atoms with Gasteiger partial charge in [-0.1, -0.05) is 0 Å². The standard InChI is InChI=1S/C16H18N4O3S/c1-19(8-12-17-11-4-5-24-14(11)15(22)18-12)16(23)9-6-13(21)20(7-9)10-2-3-10/h4-5,9-10H,2-3,6-8H2,1H3,(H,17,18,22). The van der Waals surface area contributed by atoms with E-state index in [0.717, 1.165) is 12.8 Å². The number of aromatic amines is 1. The zero-order chi connectivity index (χ0) is 16.8. The molecule has 1 saturated carbocycles. The molecule has 2 aromatic rings. The van der Waals surface area contributed by atoms with Crippen molar-refractivity contribution in [2.45, 2.75) is 31.8 Å². The maximum absolute atomic E-state index is 12.6.